The molecule has 0 spiro atoms. The molecule has 0 saturated carbocycles. The van der Waals surface area contributed by atoms with Gasteiger partial charge < -0.3 is 5.73 Å². The van der Waals surface area contributed by atoms with Crippen molar-refractivity contribution in [3.05, 3.63) is 96.2 Å². The summed E-state index contributed by atoms with van der Waals surface area (Å²) in [6, 6.07) is 19.6. The molecule has 4 rings (SSSR count). The van der Waals surface area contributed by atoms with Crippen molar-refractivity contribution in [2.24, 2.45) is 5.73 Å². The van der Waals surface area contributed by atoms with Crippen LogP contribution in [0.3, 0.4) is 0 Å². The first-order chi connectivity index (χ1) is 16.3. The van der Waals surface area contributed by atoms with E-state index in [0.29, 0.717) is 30.0 Å². The van der Waals surface area contributed by atoms with Gasteiger partial charge in [0.15, 0.2) is 0 Å². The van der Waals surface area contributed by atoms with E-state index in [0.717, 1.165) is 35.9 Å². The number of nitrogens with two attached hydrogens (primary N) is 1. The van der Waals surface area contributed by atoms with Crippen LogP contribution in [0.5, 0.6) is 0 Å². The Morgan fingerprint density at radius 2 is 1.79 bits per heavy atom. The number of pyridine rings is 1. The molecule has 180 valence electrons. The normalized spacial score (nSPS) is 13.3. The Balaban J connectivity index is 1.74. The maximum absolute atomic E-state index is 14.1. The van der Waals surface area contributed by atoms with Crippen molar-refractivity contribution < 1.29 is 13.2 Å². The lowest BCUT2D eigenvalue weighted by Crippen LogP contribution is -2.38. The number of halogens is 1. The van der Waals surface area contributed by atoms with Gasteiger partial charge in [-0.25, -0.2) is 8.96 Å². The molecular weight excluding hydrogens is 451 g/mol. The number of benzene rings is 2. The van der Waals surface area contributed by atoms with Gasteiger partial charge in [-0.2, -0.15) is 8.60 Å². The molecule has 2 heterocycles. The van der Waals surface area contributed by atoms with Crippen molar-refractivity contribution >= 4 is 20.4 Å². The van der Waals surface area contributed by atoms with Crippen molar-refractivity contribution in [2.45, 2.75) is 30.8 Å². The largest absolute Gasteiger partial charge is 0.330 e. The van der Waals surface area contributed by atoms with Gasteiger partial charge in [-0.05, 0) is 67.4 Å². The molecule has 0 fully saturated rings. The Kier molecular flexibility index (Phi) is 6.95. The molecule has 4 aromatic rings. The van der Waals surface area contributed by atoms with Crippen LogP contribution in [-0.4, -0.2) is 42.0 Å². The van der Waals surface area contributed by atoms with E-state index in [-0.39, 0.29) is 0 Å². The second-order valence-electron chi connectivity index (χ2n) is 8.74. The predicted octanol–water partition coefficient (Wildman–Crippen LogP) is 4.66. The van der Waals surface area contributed by atoms with E-state index in [1.165, 1.54) is 22.5 Å². The molecule has 0 aliphatic heterocycles. The highest BCUT2D eigenvalue weighted by Gasteiger charge is 2.29. The fourth-order valence-corrected chi connectivity index (χ4v) is 6.29. The summed E-state index contributed by atoms with van der Waals surface area (Å²) in [7, 11) is -4.38. The Labute approximate surface area is 199 Å². The van der Waals surface area contributed by atoms with Crippen LogP contribution in [-0.2, 0) is 22.6 Å². The summed E-state index contributed by atoms with van der Waals surface area (Å²) in [6.07, 6.45) is 6.44. The smallest absolute Gasteiger partial charge is 0.213 e. The fraction of sp³-hybridized carbons (Fsp3) is 0.269. The molecule has 0 unspecified atom stereocenters. The molecule has 0 amide bonds. The molecule has 2 aromatic heterocycles. The minimum atomic E-state index is -4.38. The van der Waals surface area contributed by atoms with E-state index < -0.39 is 15.5 Å². The summed E-state index contributed by atoms with van der Waals surface area (Å²) < 4.78 is 40.8. The van der Waals surface area contributed by atoms with E-state index in [4.69, 9.17) is 5.73 Å². The van der Waals surface area contributed by atoms with Gasteiger partial charge in [-0.3, -0.25) is 9.45 Å². The molecule has 0 bridgehead atoms. The highest BCUT2D eigenvalue weighted by atomic mass is 32.3. The van der Waals surface area contributed by atoms with E-state index in [2.05, 4.69) is 9.88 Å². The van der Waals surface area contributed by atoms with E-state index in [1.807, 2.05) is 30.3 Å². The minimum Gasteiger partial charge on any atom is -0.330 e. The van der Waals surface area contributed by atoms with E-state index in [1.54, 1.807) is 36.5 Å². The second kappa shape index (κ2) is 9.76. The zero-order valence-electron chi connectivity index (χ0n) is 19.3. The predicted molar refractivity (Wildman–Crippen MR) is 135 cm³/mol. The number of unbranched alkanes of at least 4 members (excludes halogenated alkanes) is 1. The first-order valence-corrected chi connectivity index (χ1v) is 13.6. The Bertz CT molecular complexity index is 1330. The summed E-state index contributed by atoms with van der Waals surface area (Å²) in [5, 5.41) is 0.915. The molecule has 3 N–H and O–H groups in total. The van der Waals surface area contributed by atoms with Gasteiger partial charge in [-0.1, -0.05) is 45.9 Å². The standard InChI is InChI=1S/C26H31FN4O2S/c1-34(32,33,23-9-3-2-4-10-23)31-20-22(24-11-5-6-12-25(24)31)19-30(16-8-7-14-28)18-21-13-15-29-26(27)17-21/h2-6,9-13,15,17,20H,7-8,14,16,18-19,28H2,1H3,(H,32,33). The maximum atomic E-state index is 14.1. The van der Waals surface area contributed by atoms with Crippen LogP contribution in [0, 0.1) is 5.95 Å². The quantitative estimate of drug-likeness (QED) is 0.254. The van der Waals surface area contributed by atoms with Gasteiger partial charge in [0.2, 0.25) is 5.95 Å². The minimum absolute atomic E-state index is 0.360. The number of para-hydroxylation sites is 1. The van der Waals surface area contributed by atoms with Gasteiger partial charge in [0, 0.05) is 37.1 Å². The molecule has 2 aromatic carbocycles. The van der Waals surface area contributed by atoms with Crippen LogP contribution in [0.1, 0.15) is 24.0 Å². The van der Waals surface area contributed by atoms with E-state index in [9.17, 15) is 13.2 Å². The summed E-state index contributed by atoms with van der Waals surface area (Å²) in [4.78, 5) is 6.22. The monoisotopic (exact) mass is 482 g/mol. The van der Waals surface area contributed by atoms with Crippen LogP contribution < -0.4 is 5.73 Å². The lowest BCUT2D eigenvalue weighted by atomic mass is 10.1. The number of nitrogens with zero attached hydrogens (tertiary/aromatic N) is 3. The van der Waals surface area contributed by atoms with Crippen molar-refractivity contribution in [3.63, 3.8) is 0 Å². The zero-order chi connectivity index (χ0) is 24.2. The molecule has 6 nitrogen and oxygen atoms in total. The van der Waals surface area contributed by atoms with Crippen molar-refractivity contribution in [1.82, 2.24) is 13.9 Å². The Morgan fingerprint density at radius 1 is 1.06 bits per heavy atom. The average molecular weight is 483 g/mol. The first-order valence-electron chi connectivity index (χ1n) is 11.3. The molecule has 0 atom stereocenters. The molecule has 0 aliphatic rings. The first kappa shape index (κ1) is 24.2. The van der Waals surface area contributed by atoms with Crippen LogP contribution >= 0.6 is 0 Å². The topological polar surface area (TPSA) is 84.4 Å². The molecule has 8 heteroatoms. The SMILES string of the molecule is CS(=O)(O)(c1ccccc1)n1cc(CN(CCCCN)Cc2ccnc(F)c2)c2ccccc21. The number of hydrogen-bond acceptors (Lipinski definition) is 4. The van der Waals surface area contributed by atoms with Crippen LogP contribution in [0.15, 0.2) is 84.0 Å². The van der Waals surface area contributed by atoms with Gasteiger partial charge in [0.05, 0.1) is 10.4 Å². The van der Waals surface area contributed by atoms with Gasteiger partial charge in [0.1, 0.15) is 0 Å². The van der Waals surface area contributed by atoms with Gasteiger partial charge in [-0.15, -0.1) is 0 Å². The van der Waals surface area contributed by atoms with E-state index >= 15 is 0 Å². The summed E-state index contributed by atoms with van der Waals surface area (Å²) in [5.74, 6) is -0.507. The average Bonchev–Trinajstić information content (AvgIpc) is 3.19. The van der Waals surface area contributed by atoms with Gasteiger partial charge >= 0.3 is 0 Å². The third-order valence-corrected chi connectivity index (χ3v) is 8.62. The molecule has 0 aliphatic carbocycles. The van der Waals surface area contributed by atoms with Crippen LogP contribution in [0.25, 0.3) is 10.9 Å². The van der Waals surface area contributed by atoms with Gasteiger partial charge in [0.25, 0.3) is 0 Å². The zero-order valence-corrected chi connectivity index (χ0v) is 20.1. The molecule has 34 heavy (non-hydrogen) atoms. The Morgan fingerprint density at radius 3 is 2.53 bits per heavy atom. The summed E-state index contributed by atoms with van der Waals surface area (Å²) in [5.41, 5.74) is 8.15. The number of hydrogen-bond donors (Lipinski definition) is 2. The molecule has 0 radical (unpaired) electrons. The van der Waals surface area contributed by atoms with Crippen molar-refractivity contribution in [3.8, 4) is 0 Å². The fourth-order valence-electron chi connectivity index (χ4n) is 4.28. The number of fused-ring (bicyclic) bond motifs is 1. The highest BCUT2D eigenvalue weighted by Crippen LogP contribution is 2.37. The lowest BCUT2D eigenvalue weighted by Gasteiger charge is -2.41. The van der Waals surface area contributed by atoms with Crippen LogP contribution in [0.2, 0.25) is 0 Å². The number of aromatic nitrogens is 2. The molecular formula is C26H31FN4O2S. The summed E-state index contributed by atoms with van der Waals surface area (Å²) >= 11 is 0. The summed E-state index contributed by atoms with van der Waals surface area (Å²) in [6.45, 7) is 2.45. The lowest BCUT2D eigenvalue weighted by molar-refractivity contribution is 0.252. The van der Waals surface area contributed by atoms with Crippen LogP contribution in [0.4, 0.5) is 4.39 Å². The third-order valence-electron chi connectivity index (χ3n) is 6.03. The maximum Gasteiger partial charge on any atom is 0.213 e. The van der Waals surface area contributed by atoms with Crippen molar-refractivity contribution in [1.29, 1.82) is 0 Å². The third kappa shape index (κ3) is 5.10. The molecule has 0 saturated heterocycles. The van der Waals surface area contributed by atoms with Crippen molar-refractivity contribution in [2.75, 3.05) is 19.3 Å². The highest BCUT2D eigenvalue weighted by molar-refractivity contribution is 8.13. The second-order valence-corrected chi connectivity index (χ2v) is 12.1. The Hall–Kier alpha value is -2.91. The number of rotatable bonds is 10.